The fraction of sp³-hybridized carbons (Fsp3) is 1.00. The molecule has 0 atom stereocenters. The van der Waals surface area contributed by atoms with Crippen molar-refractivity contribution in [1.82, 2.24) is 0 Å². The zero-order chi connectivity index (χ0) is 3.91. The van der Waals surface area contributed by atoms with E-state index in [0.717, 1.165) is 0 Å². The second-order valence-electron chi connectivity index (χ2n) is 0.926. The molecule has 1 heterocycles. The summed E-state index contributed by atoms with van der Waals surface area (Å²) >= 11 is 0. The van der Waals surface area contributed by atoms with E-state index in [4.69, 9.17) is 0 Å². The zero-order valence-corrected chi connectivity index (χ0v) is 3.37. The summed E-state index contributed by atoms with van der Waals surface area (Å²) in [5, 5.41) is 0. The average molecular weight is 96.1 g/mol. The molecule has 30 valence electrons. The smallest absolute Gasteiger partial charge is 0.361 e. The van der Waals surface area contributed by atoms with Crippen LogP contribution in [0.3, 0.4) is 0 Å². The molecular weight excluding hydrogens is 94.1 g/mol. The van der Waals surface area contributed by atoms with Gasteiger partial charge < -0.3 is 4.43 Å². The van der Waals surface area contributed by atoms with Crippen molar-refractivity contribution < 1.29 is 12.6 Å². The predicted octanol–water partition coefficient (Wildman–Crippen LogP) is 0.434. The van der Waals surface area contributed by atoms with Crippen LogP contribution in [0.15, 0.2) is 0 Å². The maximum absolute atomic E-state index is 11.0. The first kappa shape index (κ1) is 3.24. The molecular formula is CH2F2OSi. The number of rotatable bonds is 0. The number of hydrogen-bond donors (Lipinski definition) is 0. The summed E-state index contributed by atoms with van der Waals surface area (Å²) in [5.41, 5.74) is 0. The van der Waals surface area contributed by atoms with Crippen molar-refractivity contribution in [3.8, 4) is 0 Å². The summed E-state index contributed by atoms with van der Waals surface area (Å²) in [6, 6.07) is 0. The normalized spacial score (nSPS) is 30.0. The summed E-state index contributed by atoms with van der Waals surface area (Å²) in [7, 11) is -3.86. The van der Waals surface area contributed by atoms with Crippen LogP contribution in [0.1, 0.15) is 0 Å². The standard InChI is InChI=1S/CH2F2OSi/c2-5(3)1-4-5/h1H2. The van der Waals surface area contributed by atoms with Crippen molar-refractivity contribution in [2.45, 2.75) is 0 Å². The Morgan fingerprint density at radius 3 is 1.80 bits per heavy atom. The van der Waals surface area contributed by atoms with E-state index in [1.165, 1.54) is 0 Å². The largest absolute Gasteiger partial charge is 0.603 e. The lowest BCUT2D eigenvalue weighted by Gasteiger charge is -1.65. The van der Waals surface area contributed by atoms with Gasteiger partial charge in [-0.2, -0.15) is 0 Å². The molecule has 0 aliphatic carbocycles. The van der Waals surface area contributed by atoms with Crippen molar-refractivity contribution in [1.29, 1.82) is 0 Å². The van der Waals surface area contributed by atoms with Crippen LogP contribution in [0.4, 0.5) is 8.22 Å². The Morgan fingerprint density at radius 2 is 1.80 bits per heavy atom. The molecule has 5 heavy (non-hydrogen) atoms. The Hall–Kier alpha value is 0.0369. The quantitative estimate of drug-likeness (QED) is 0.242. The summed E-state index contributed by atoms with van der Waals surface area (Å²) in [6.07, 6.45) is -0.243. The van der Waals surface area contributed by atoms with Crippen LogP contribution in [0.5, 0.6) is 0 Å². The van der Waals surface area contributed by atoms with E-state index in [-0.39, 0.29) is 6.23 Å². The third-order valence-corrected chi connectivity index (χ3v) is 1.09. The van der Waals surface area contributed by atoms with E-state index in [1.54, 1.807) is 0 Å². The van der Waals surface area contributed by atoms with Crippen LogP contribution in [0.2, 0.25) is 0 Å². The third-order valence-electron chi connectivity index (χ3n) is 0.363. The third kappa shape index (κ3) is 0.660. The summed E-state index contributed by atoms with van der Waals surface area (Å²) < 4.78 is 25.8. The first-order chi connectivity index (χ1) is 2.21. The van der Waals surface area contributed by atoms with Crippen LogP contribution < -0.4 is 0 Å². The van der Waals surface area contributed by atoms with E-state index < -0.39 is 8.99 Å². The molecule has 0 saturated carbocycles. The van der Waals surface area contributed by atoms with Gasteiger partial charge in [0.15, 0.2) is 0 Å². The Morgan fingerprint density at radius 1 is 1.60 bits per heavy atom. The summed E-state index contributed by atoms with van der Waals surface area (Å²) in [5.74, 6) is 0. The van der Waals surface area contributed by atoms with Crippen LogP contribution in [-0.4, -0.2) is 15.2 Å². The van der Waals surface area contributed by atoms with Crippen LogP contribution in [0, 0.1) is 0 Å². The van der Waals surface area contributed by atoms with Crippen molar-refractivity contribution in [2.75, 3.05) is 6.23 Å². The molecule has 4 heteroatoms. The van der Waals surface area contributed by atoms with Gasteiger partial charge in [0.05, 0.1) is 0 Å². The maximum atomic E-state index is 11.0. The van der Waals surface area contributed by atoms with Gasteiger partial charge in [-0.15, -0.1) is 0 Å². The predicted molar refractivity (Wildman–Crippen MR) is 13.9 cm³/mol. The Kier molecular flexibility index (Phi) is 0.373. The molecule has 0 radical (unpaired) electrons. The molecule has 0 amide bonds. The minimum Gasteiger partial charge on any atom is -0.361 e. The second-order valence-corrected chi connectivity index (χ2v) is 2.78. The van der Waals surface area contributed by atoms with E-state index in [9.17, 15) is 8.22 Å². The Labute approximate surface area is 29.0 Å². The monoisotopic (exact) mass is 96.0 g/mol. The molecule has 1 saturated heterocycles. The van der Waals surface area contributed by atoms with E-state index in [0.29, 0.717) is 0 Å². The molecule has 1 rings (SSSR count). The molecule has 1 aliphatic heterocycles. The Balaban J connectivity index is 2.38. The maximum Gasteiger partial charge on any atom is 0.603 e. The number of hydrogen-bond acceptors (Lipinski definition) is 1. The molecule has 0 N–H and O–H groups in total. The first-order valence-corrected chi connectivity index (χ1v) is 3.10. The SMILES string of the molecule is F[Si]1(F)CO1. The molecule has 0 unspecified atom stereocenters. The highest BCUT2D eigenvalue weighted by atomic mass is 28.4. The molecule has 0 aromatic heterocycles. The summed E-state index contributed by atoms with van der Waals surface area (Å²) in [6.45, 7) is 0. The molecule has 0 spiro atoms. The zero-order valence-electron chi connectivity index (χ0n) is 2.37. The topological polar surface area (TPSA) is 12.5 Å². The van der Waals surface area contributed by atoms with Crippen LogP contribution in [0.25, 0.3) is 0 Å². The Bertz CT molecular complexity index is 47.6. The van der Waals surface area contributed by atoms with Crippen molar-refractivity contribution in [3.63, 3.8) is 0 Å². The van der Waals surface area contributed by atoms with Gasteiger partial charge in [0, 0.05) is 0 Å². The minimum atomic E-state index is -3.86. The van der Waals surface area contributed by atoms with Crippen molar-refractivity contribution in [3.05, 3.63) is 0 Å². The van der Waals surface area contributed by atoms with Gasteiger partial charge in [0.25, 0.3) is 0 Å². The van der Waals surface area contributed by atoms with Crippen molar-refractivity contribution >= 4 is 8.99 Å². The van der Waals surface area contributed by atoms with Gasteiger partial charge in [-0.25, -0.2) is 8.22 Å². The van der Waals surface area contributed by atoms with Crippen molar-refractivity contribution in [2.24, 2.45) is 0 Å². The van der Waals surface area contributed by atoms with Gasteiger partial charge >= 0.3 is 8.99 Å². The highest BCUT2D eigenvalue weighted by Crippen LogP contribution is 2.22. The van der Waals surface area contributed by atoms with Gasteiger partial charge in [-0.1, -0.05) is 0 Å². The molecule has 0 aromatic carbocycles. The van der Waals surface area contributed by atoms with E-state index in [2.05, 4.69) is 4.43 Å². The fourth-order valence-corrected chi connectivity index (χ4v) is 0.491. The van der Waals surface area contributed by atoms with Gasteiger partial charge in [-0.3, -0.25) is 0 Å². The number of halogens is 2. The van der Waals surface area contributed by atoms with Crippen LogP contribution >= 0.6 is 0 Å². The van der Waals surface area contributed by atoms with E-state index >= 15 is 0 Å². The molecule has 0 bridgehead atoms. The molecule has 0 aromatic rings. The van der Waals surface area contributed by atoms with Gasteiger partial charge in [0.2, 0.25) is 0 Å². The molecule has 1 fully saturated rings. The van der Waals surface area contributed by atoms with Gasteiger partial charge in [-0.05, 0) is 0 Å². The highest BCUT2D eigenvalue weighted by molar-refractivity contribution is 6.67. The molecule has 1 aliphatic rings. The average Bonchev–Trinajstić information content (AvgIpc) is 1.76. The van der Waals surface area contributed by atoms with Gasteiger partial charge in [0.1, 0.15) is 6.23 Å². The fourth-order valence-electron chi connectivity index (χ4n) is 0.0546. The lowest BCUT2D eigenvalue weighted by molar-refractivity contribution is 0.467. The highest BCUT2D eigenvalue weighted by Gasteiger charge is 2.54. The molecule has 1 nitrogen and oxygen atoms in total. The second kappa shape index (κ2) is 0.576. The first-order valence-electron chi connectivity index (χ1n) is 1.22. The lowest BCUT2D eigenvalue weighted by Crippen LogP contribution is -1.94. The lowest BCUT2D eigenvalue weighted by atomic mass is 11.7. The minimum absolute atomic E-state index is 0.243. The van der Waals surface area contributed by atoms with Crippen LogP contribution in [-0.2, 0) is 4.43 Å². The summed E-state index contributed by atoms with van der Waals surface area (Å²) in [4.78, 5) is 0. The van der Waals surface area contributed by atoms with E-state index in [1.807, 2.05) is 0 Å².